The number of carbonyl (C=O) groups excluding carboxylic acids is 1. The maximum absolute atomic E-state index is 12.4. The highest BCUT2D eigenvalue weighted by Crippen LogP contribution is 2.24. The van der Waals surface area contributed by atoms with Crippen molar-refractivity contribution >= 4 is 17.4 Å². The van der Waals surface area contributed by atoms with Gasteiger partial charge in [0.05, 0.1) is 17.0 Å². The summed E-state index contributed by atoms with van der Waals surface area (Å²) < 4.78 is 37.1. The lowest BCUT2D eigenvalue weighted by Crippen LogP contribution is -2.41. The predicted molar refractivity (Wildman–Crippen MR) is 83.1 cm³/mol. The van der Waals surface area contributed by atoms with Gasteiger partial charge in [0, 0.05) is 12.6 Å². The van der Waals surface area contributed by atoms with Crippen LogP contribution in [0, 0.1) is 16.0 Å². The maximum Gasteiger partial charge on any atom is 0.401 e. The zero-order valence-corrected chi connectivity index (χ0v) is 13.3. The molecule has 0 aromatic carbocycles. The molecule has 0 spiro atoms. The van der Waals surface area contributed by atoms with Gasteiger partial charge in [-0.25, -0.2) is 4.98 Å². The summed E-state index contributed by atoms with van der Waals surface area (Å²) in [7, 11) is 0. The minimum absolute atomic E-state index is 0.0938. The van der Waals surface area contributed by atoms with Crippen molar-refractivity contribution in [2.45, 2.75) is 19.0 Å². The van der Waals surface area contributed by atoms with Gasteiger partial charge in [0.25, 0.3) is 11.6 Å². The van der Waals surface area contributed by atoms with Crippen LogP contribution in [0.15, 0.2) is 12.3 Å². The molecule has 0 unspecified atom stereocenters. The molecule has 3 N–H and O–H groups in total. The molecule has 2 heterocycles. The number of halogens is 3. The van der Waals surface area contributed by atoms with Crippen molar-refractivity contribution in [1.29, 1.82) is 0 Å². The second-order valence-electron chi connectivity index (χ2n) is 5.93. The molecule has 1 saturated heterocycles. The maximum atomic E-state index is 12.4. The number of nitrogens with zero attached hydrogens (tertiary/aromatic N) is 3. The van der Waals surface area contributed by atoms with Gasteiger partial charge in [0.1, 0.15) is 12.0 Å². The molecule has 0 radical (unpaired) electrons. The normalized spacial score (nSPS) is 16.6. The second kappa shape index (κ2) is 7.64. The Labute approximate surface area is 141 Å². The summed E-state index contributed by atoms with van der Waals surface area (Å²) in [5, 5.41) is 13.6. The quantitative estimate of drug-likeness (QED) is 0.590. The molecule has 1 aromatic rings. The minimum atomic E-state index is -4.20. The van der Waals surface area contributed by atoms with Gasteiger partial charge in [-0.3, -0.25) is 19.8 Å². The van der Waals surface area contributed by atoms with Crippen LogP contribution in [0.4, 0.5) is 24.7 Å². The van der Waals surface area contributed by atoms with Crippen molar-refractivity contribution in [3.8, 4) is 0 Å². The number of nitro groups is 1. The Hall–Kier alpha value is -2.43. The zero-order valence-electron chi connectivity index (χ0n) is 13.3. The summed E-state index contributed by atoms with van der Waals surface area (Å²) in [6.45, 7) is 0.151. The van der Waals surface area contributed by atoms with Gasteiger partial charge in [-0.2, -0.15) is 13.2 Å². The third-order valence-corrected chi connectivity index (χ3v) is 4.02. The van der Waals surface area contributed by atoms with Crippen LogP contribution in [-0.4, -0.2) is 53.1 Å². The molecule has 8 nitrogen and oxygen atoms in total. The molecular weight excluding hydrogens is 343 g/mol. The Morgan fingerprint density at radius 2 is 2.08 bits per heavy atom. The smallest absolute Gasteiger partial charge is 0.369 e. The average Bonchev–Trinajstić information content (AvgIpc) is 2.52. The predicted octanol–water partition coefficient (Wildman–Crippen LogP) is 1.77. The lowest BCUT2D eigenvalue weighted by atomic mass is 9.96. The van der Waals surface area contributed by atoms with E-state index in [0.717, 1.165) is 12.3 Å². The van der Waals surface area contributed by atoms with Gasteiger partial charge in [-0.1, -0.05) is 0 Å². The highest BCUT2D eigenvalue weighted by molar-refractivity contribution is 5.98. The van der Waals surface area contributed by atoms with Gasteiger partial charge in [0.15, 0.2) is 0 Å². The fourth-order valence-corrected chi connectivity index (χ4v) is 2.73. The van der Waals surface area contributed by atoms with Crippen LogP contribution < -0.4 is 11.1 Å². The van der Waals surface area contributed by atoms with Crippen molar-refractivity contribution in [3.05, 3.63) is 27.9 Å². The molecule has 2 rings (SSSR count). The number of hydrogen-bond donors (Lipinski definition) is 2. The molecule has 0 bridgehead atoms. The molecule has 1 aromatic heterocycles. The Kier molecular flexibility index (Phi) is 5.77. The third-order valence-electron chi connectivity index (χ3n) is 4.02. The van der Waals surface area contributed by atoms with Crippen LogP contribution in [0.3, 0.4) is 0 Å². The van der Waals surface area contributed by atoms with E-state index in [1.807, 2.05) is 0 Å². The summed E-state index contributed by atoms with van der Waals surface area (Å²) >= 11 is 0. The number of nitrogens with two attached hydrogens (primary N) is 1. The van der Waals surface area contributed by atoms with Crippen LogP contribution in [0.25, 0.3) is 0 Å². The van der Waals surface area contributed by atoms with Crippen molar-refractivity contribution in [1.82, 2.24) is 9.88 Å². The SMILES string of the molecule is NC(=O)c1cc([N+](=O)[O-])cnc1NCC1CCN(CC(F)(F)F)CC1. The molecule has 1 fully saturated rings. The highest BCUT2D eigenvalue weighted by Gasteiger charge is 2.32. The van der Waals surface area contributed by atoms with Gasteiger partial charge < -0.3 is 11.1 Å². The van der Waals surface area contributed by atoms with E-state index in [4.69, 9.17) is 5.73 Å². The van der Waals surface area contributed by atoms with Crippen LogP contribution >= 0.6 is 0 Å². The topological polar surface area (TPSA) is 114 Å². The number of hydrogen-bond acceptors (Lipinski definition) is 6. The zero-order chi connectivity index (χ0) is 18.6. The van der Waals surface area contributed by atoms with Crippen LogP contribution in [0.2, 0.25) is 0 Å². The lowest BCUT2D eigenvalue weighted by molar-refractivity contribution is -0.385. The van der Waals surface area contributed by atoms with Crippen molar-refractivity contribution < 1.29 is 22.9 Å². The van der Waals surface area contributed by atoms with Gasteiger partial charge in [-0.05, 0) is 31.8 Å². The average molecular weight is 361 g/mol. The number of piperidine rings is 1. The van der Waals surface area contributed by atoms with Gasteiger partial charge in [0.2, 0.25) is 0 Å². The Morgan fingerprint density at radius 1 is 1.44 bits per heavy atom. The number of primary amides is 1. The number of aromatic nitrogens is 1. The van der Waals surface area contributed by atoms with E-state index in [0.29, 0.717) is 32.5 Å². The largest absolute Gasteiger partial charge is 0.401 e. The molecule has 0 aliphatic carbocycles. The van der Waals surface area contributed by atoms with Crippen molar-refractivity contribution in [2.24, 2.45) is 11.7 Å². The number of nitrogens with one attached hydrogen (secondary N) is 1. The van der Waals surface area contributed by atoms with Crippen molar-refractivity contribution in [3.63, 3.8) is 0 Å². The van der Waals surface area contributed by atoms with Crippen LogP contribution in [-0.2, 0) is 0 Å². The van der Waals surface area contributed by atoms with E-state index in [1.165, 1.54) is 4.90 Å². The van der Waals surface area contributed by atoms with E-state index < -0.39 is 23.6 Å². The number of pyridine rings is 1. The molecule has 0 atom stereocenters. The first-order valence-electron chi connectivity index (χ1n) is 7.63. The van der Waals surface area contributed by atoms with E-state index in [1.54, 1.807) is 0 Å². The summed E-state index contributed by atoms with van der Waals surface area (Å²) in [6.07, 6.45) is -2.05. The van der Waals surface area contributed by atoms with E-state index in [2.05, 4.69) is 10.3 Å². The minimum Gasteiger partial charge on any atom is -0.369 e. The van der Waals surface area contributed by atoms with E-state index in [9.17, 15) is 28.1 Å². The first kappa shape index (κ1) is 18.9. The summed E-state index contributed by atoms with van der Waals surface area (Å²) in [5.41, 5.74) is 4.77. The molecule has 1 amide bonds. The Morgan fingerprint density at radius 3 is 2.60 bits per heavy atom. The third kappa shape index (κ3) is 5.55. The summed E-state index contributed by atoms with van der Waals surface area (Å²) in [6, 6.07) is 1.05. The van der Waals surface area contributed by atoms with Crippen LogP contribution in [0.5, 0.6) is 0 Å². The fraction of sp³-hybridized carbons (Fsp3) is 0.571. The number of alkyl halides is 3. The molecule has 0 saturated carbocycles. The van der Waals surface area contributed by atoms with E-state index in [-0.39, 0.29) is 23.0 Å². The standard InChI is InChI=1S/C14H18F3N5O3/c15-14(16,17)8-21-3-1-9(2-4-21)6-19-13-11(12(18)23)5-10(7-20-13)22(24)25/h5,7,9H,1-4,6,8H2,(H2,18,23)(H,19,20). The monoisotopic (exact) mass is 361 g/mol. The van der Waals surface area contributed by atoms with Gasteiger partial charge in [-0.15, -0.1) is 0 Å². The number of anilines is 1. The first-order valence-corrected chi connectivity index (χ1v) is 7.63. The number of amides is 1. The number of carbonyl (C=O) groups is 1. The molecule has 1 aliphatic rings. The molecule has 1 aliphatic heterocycles. The highest BCUT2D eigenvalue weighted by atomic mass is 19.4. The number of rotatable bonds is 6. The number of likely N-dealkylation sites (tertiary alicyclic amines) is 1. The molecule has 25 heavy (non-hydrogen) atoms. The molecular formula is C14H18F3N5O3. The van der Waals surface area contributed by atoms with Crippen LogP contribution in [0.1, 0.15) is 23.2 Å². The summed E-state index contributed by atoms with van der Waals surface area (Å²) in [5.74, 6) is -0.600. The molecule has 138 valence electrons. The lowest BCUT2D eigenvalue weighted by Gasteiger charge is -2.32. The van der Waals surface area contributed by atoms with Crippen molar-refractivity contribution in [2.75, 3.05) is 31.5 Å². The fourth-order valence-electron chi connectivity index (χ4n) is 2.73. The van der Waals surface area contributed by atoms with E-state index >= 15 is 0 Å². The first-order chi connectivity index (χ1) is 11.7. The Balaban J connectivity index is 1.92. The Bertz CT molecular complexity index is 645. The molecule has 11 heteroatoms. The van der Waals surface area contributed by atoms with Gasteiger partial charge >= 0.3 is 6.18 Å². The second-order valence-corrected chi connectivity index (χ2v) is 5.93. The summed E-state index contributed by atoms with van der Waals surface area (Å²) in [4.78, 5) is 26.7.